The fraction of sp³-hybridized carbons (Fsp3) is 0.375. The average molecular weight is 305 g/mol. The van der Waals surface area contributed by atoms with Gasteiger partial charge in [-0.15, -0.1) is 11.3 Å². The third kappa shape index (κ3) is 3.61. The molecule has 112 valence electrons. The molecule has 2 aromatic rings. The first-order valence-electron chi connectivity index (χ1n) is 7.16. The molecular formula is C16H19NO3S. The first kappa shape index (κ1) is 15.5. The van der Waals surface area contributed by atoms with Gasteiger partial charge in [0.1, 0.15) is 5.56 Å². The Balaban J connectivity index is 2.38. The molecule has 4 nitrogen and oxygen atoms in total. The van der Waals surface area contributed by atoms with Crippen LogP contribution in [-0.2, 0) is 6.54 Å². The minimum atomic E-state index is -1.17. The summed E-state index contributed by atoms with van der Waals surface area (Å²) in [6, 6.07) is 7.01. The van der Waals surface area contributed by atoms with Gasteiger partial charge in [0.25, 0.3) is 5.56 Å². The number of carboxylic acid groups (broad SMARTS) is 1. The maximum atomic E-state index is 12.4. The maximum Gasteiger partial charge on any atom is 0.341 e. The molecule has 2 heterocycles. The molecule has 0 saturated carbocycles. The van der Waals surface area contributed by atoms with Crippen molar-refractivity contribution in [3.8, 4) is 10.6 Å². The predicted molar refractivity (Wildman–Crippen MR) is 85.1 cm³/mol. The normalized spacial score (nSPS) is 10.7. The molecule has 0 aliphatic rings. The van der Waals surface area contributed by atoms with Crippen LogP contribution in [0.4, 0.5) is 0 Å². The number of nitrogens with zero attached hydrogens (tertiary/aromatic N) is 1. The van der Waals surface area contributed by atoms with Gasteiger partial charge >= 0.3 is 5.97 Å². The van der Waals surface area contributed by atoms with Crippen LogP contribution in [0.5, 0.6) is 0 Å². The summed E-state index contributed by atoms with van der Waals surface area (Å²) < 4.78 is 1.60. The number of aromatic nitrogens is 1. The van der Waals surface area contributed by atoms with Crippen molar-refractivity contribution in [1.29, 1.82) is 0 Å². The van der Waals surface area contributed by atoms with E-state index in [-0.39, 0.29) is 5.56 Å². The van der Waals surface area contributed by atoms with Crippen LogP contribution in [0.15, 0.2) is 34.4 Å². The number of aromatic carboxylic acids is 1. The van der Waals surface area contributed by atoms with Gasteiger partial charge in [-0.2, -0.15) is 0 Å². The van der Waals surface area contributed by atoms with E-state index in [4.69, 9.17) is 5.11 Å². The molecule has 5 heteroatoms. The lowest BCUT2D eigenvalue weighted by atomic mass is 10.1. The van der Waals surface area contributed by atoms with Crippen molar-refractivity contribution in [3.05, 3.63) is 45.6 Å². The van der Waals surface area contributed by atoms with E-state index in [9.17, 15) is 9.59 Å². The summed E-state index contributed by atoms with van der Waals surface area (Å²) in [4.78, 5) is 24.5. The van der Waals surface area contributed by atoms with Crippen LogP contribution in [0.1, 0.15) is 43.0 Å². The number of hydrogen-bond acceptors (Lipinski definition) is 3. The van der Waals surface area contributed by atoms with Crippen molar-refractivity contribution in [2.24, 2.45) is 0 Å². The van der Waals surface area contributed by atoms with Gasteiger partial charge in [0.15, 0.2) is 0 Å². The molecule has 0 unspecified atom stereocenters. The second-order valence-electron chi connectivity index (χ2n) is 4.93. The first-order valence-corrected chi connectivity index (χ1v) is 8.04. The van der Waals surface area contributed by atoms with E-state index in [0.717, 1.165) is 36.3 Å². The van der Waals surface area contributed by atoms with Crippen molar-refractivity contribution < 1.29 is 9.90 Å². The monoisotopic (exact) mass is 305 g/mol. The van der Waals surface area contributed by atoms with E-state index in [2.05, 4.69) is 6.92 Å². The second kappa shape index (κ2) is 7.22. The largest absolute Gasteiger partial charge is 0.477 e. The van der Waals surface area contributed by atoms with Crippen LogP contribution in [0.25, 0.3) is 10.6 Å². The van der Waals surface area contributed by atoms with E-state index >= 15 is 0 Å². The van der Waals surface area contributed by atoms with E-state index < -0.39 is 11.5 Å². The summed E-state index contributed by atoms with van der Waals surface area (Å²) in [6.07, 6.45) is 4.18. The zero-order chi connectivity index (χ0) is 15.2. The molecule has 1 N–H and O–H groups in total. The highest BCUT2D eigenvalue weighted by molar-refractivity contribution is 7.13. The third-order valence-corrected chi connectivity index (χ3v) is 4.31. The van der Waals surface area contributed by atoms with Crippen LogP contribution in [0.2, 0.25) is 0 Å². The number of hydrogen-bond donors (Lipinski definition) is 1. The molecule has 0 aliphatic heterocycles. The Hall–Kier alpha value is -1.88. The molecular weight excluding hydrogens is 286 g/mol. The molecule has 0 aromatic carbocycles. The highest BCUT2D eigenvalue weighted by atomic mass is 32.1. The van der Waals surface area contributed by atoms with Gasteiger partial charge in [0, 0.05) is 6.54 Å². The van der Waals surface area contributed by atoms with E-state index in [0.29, 0.717) is 6.54 Å². The van der Waals surface area contributed by atoms with E-state index in [1.807, 2.05) is 17.5 Å². The highest BCUT2D eigenvalue weighted by Gasteiger charge is 2.15. The van der Waals surface area contributed by atoms with Crippen molar-refractivity contribution in [3.63, 3.8) is 0 Å². The van der Waals surface area contributed by atoms with Crippen molar-refractivity contribution in [2.75, 3.05) is 0 Å². The molecule has 0 saturated heterocycles. The van der Waals surface area contributed by atoms with E-state index in [1.165, 1.54) is 6.07 Å². The number of carbonyl (C=O) groups is 1. The van der Waals surface area contributed by atoms with Crippen molar-refractivity contribution >= 4 is 17.3 Å². The lowest BCUT2D eigenvalue weighted by Gasteiger charge is -2.12. The molecule has 0 fully saturated rings. The molecule has 0 spiro atoms. The van der Waals surface area contributed by atoms with Gasteiger partial charge in [0.05, 0.1) is 10.6 Å². The minimum absolute atomic E-state index is 0.161. The number of thiophene rings is 1. The summed E-state index contributed by atoms with van der Waals surface area (Å²) in [5.41, 5.74) is 0.229. The van der Waals surface area contributed by atoms with Gasteiger partial charge in [-0.05, 0) is 30.0 Å². The fourth-order valence-corrected chi connectivity index (χ4v) is 3.06. The standard InChI is InChI=1S/C16H19NO3S/c1-2-3-4-5-10-17-13(14-7-6-11-21-14)9-8-12(15(17)18)16(19)20/h6-9,11H,2-5,10H2,1H3,(H,19,20). The zero-order valence-corrected chi connectivity index (χ0v) is 12.9. The quantitative estimate of drug-likeness (QED) is 0.790. The number of unbranched alkanes of at least 4 members (excludes halogenated alkanes) is 3. The van der Waals surface area contributed by atoms with Crippen LogP contribution >= 0.6 is 11.3 Å². The molecule has 0 bridgehead atoms. The number of pyridine rings is 1. The van der Waals surface area contributed by atoms with Gasteiger partial charge in [-0.25, -0.2) is 4.79 Å². The topological polar surface area (TPSA) is 59.3 Å². The van der Waals surface area contributed by atoms with Gasteiger partial charge in [-0.3, -0.25) is 4.79 Å². The number of carboxylic acids is 1. The Labute approximate surface area is 127 Å². The van der Waals surface area contributed by atoms with E-state index in [1.54, 1.807) is 22.0 Å². The first-order chi connectivity index (χ1) is 10.1. The van der Waals surface area contributed by atoms with Gasteiger partial charge in [0.2, 0.25) is 0 Å². The van der Waals surface area contributed by atoms with Crippen LogP contribution in [-0.4, -0.2) is 15.6 Å². The molecule has 0 atom stereocenters. The average Bonchev–Trinajstić information content (AvgIpc) is 2.98. The fourth-order valence-electron chi connectivity index (χ4n) is 2.30. The van der Waals surface area contributed by atoms with Crippen LogP contribution in [0, 0.1) is 0 Å². The zero-order valence-electron chi connectivity index (χ0n) is 12.0. The molecule has 2 rings (SSSR count). The Morgan fingerprint density at radius 3 is 2.67 bits per heavy atom. The summed E-state index contributed by atoms with van der Waals surface area (Å²) in [5, 5.41) is 11.1. The van der Waals surface area contributed by atoms with Crippen LogP contribution < -0.4 is 5.56 Å². The Morgan fingerprint density at radius 2 is 2.05 bits per heavy atom. The Morgan fingerprint density at radius 1 is 1.24 bits per heavy atom. The minimum Gasteiger partial charge on any atom is -0.477 e. The maximum absolute atomic E-state index is 12.4. The molecule has 0 amide bonds. The van der Waals surface area contributed by atoms with Crippen molar-refractivity contribution in [2.45, 2.75) is 39.2 Å². The predicted octanol–water partition coefficient (Wildman–Crippen LogP) is 3.86. The number of rotatable bonds is 7. The smallest absolute Gasteiger partial charge is 0.341 e. The Kier molecular flexibility index (Phi) is 5.33. The SMILES string of the molecule is CCCCCCn1c(-c2cccs2)ccc(C(=O)O)c1=O. The molecule has 0 aliphatic carbocycles. The Bertz CT molecular complexity index is 659. The highest BCUT2D eigenvalue weighted by Crippen LogP contribution is 2.24. The van der Waals surface area contributed by atoms with Crippen LogP contribution in [0.3, 0.4) is 0 Å². The molecule has 2 aromatic heterocycles. The summed E-state index contributed by atoms with van der Waals surface area (Å²) in [7, 11) is 0. The lowest BCUT2D eigenvalue weighted by Crippen LogP contribution is -2.27. The molecule has 0 radical (unpaired) electrons. The lowest BCUT2D eigenvalue weighted by molar-refractivity contribution is 0.0694. The van der Waals surface area contributed by atoms with Crippen molar-refractivity contribution in [1.82, 2.24) is 4.57 Å². The van der Waals surface area contributed by atoms with Gasteiger partial charge < -0.3 is 9.67 Å². The summed E-state index contributed by atoms with van der Waals surface area (Å²) in [6.45, 7) is 2.70. The third-order valence-electron chi connectivity index (χ3n) is 3.41. The van der Waals surface area contributed by atoms with Gasteiger partial charge in [-0.1, -0.05) is 32.3 Å². The summed E-state index contributed by atoms with van der Waals surface area (Å²) in [5.74, 6) is -1.17. The molecule has 21 heavy (non-hydrogen) atoms. The second-order valence-corrected chi connectivity index (χ2v) is 5.88. The summed E-state index contributed by atoms with van der Waals surface area (Å²) >= 11 is 1.55.